The molecule has 40 heavy (non-hydrogen) atoms. The van der Waals surface area contributed by atoms with E-state index in [0.717, 1.165) is 65.0 Å². The van der Waals surface area contributed by atoms with E-state index >= 15 is 0 Å². The van der Waals surface area contributed by atoms with Crippen LogP contribution in [0.2, 0.25) is 0 Å². The molecule has 0 saturated heterocycles. The third-order valence-electron chi connectivity index (χ3n) is 7.51. The minimum atomic E-state index is 0.443. The summed E-state index contributed by atoms with van der Waals surface area (Å²) in [6, 6.07) is 8.19. The average Bonchev–Trinajstić information content (AvgIpc) is 3.08. The van der Waals surface area contributed by atoms with Gasteiger partial charge in [0.15, 0.2) is 0 Å². The number of hydrogen-bond donors (Lipinski definition) is 1. The highest BCUT2D eigenvalue weighted by Gasteiger charge is 2.23. The van der Waals surface area contributed by atoms with Crippen molar-refractivity contribution in [1.29, 1.82) is 0 Å². The molecule has 0 spiro atoms. The number of benzene rings is 1. The molecule has 2 aromatic rings. The van der Waals surface area contributed by atoms with Crippen LogP contribution in [0.4, 0.5) is 11.5 Å². The number of aryl methyl sites for hydroxylation is 3. The van der Waals surface area contributed by atoms with E-state index in [1.807, 2.05) is 69.6 Å². The molecule has 3 heterocycles. The van der Waals surface area contributed by atoms with Crippen LogP contribution < -0.4 is 15.4 Å². The Morgan fingerprint density at radius 2 is 2.00 bits per heavy atom. The molecule has 0 aliphatic carbocycles. The topological polar surface area (TPSA) is 67.0 Å². The summed E-state index contributed by atoms with van der Waals surface area (Å²) in [6.07, 6.45) is 18.0. The van der Waals surface area contributed by atoms with E-state index in [-0.39, 0.29) is 0 Å². The number of hydrogen-bond acceptors (Lipinski definition) is 5. The van der Waals surface area contributed by atoms with Gasteiger partial charge in [-0.3, -0.25) is 0 Å². The molecule has 2 aliphatic heterocycles. The molecule has 0 fully saturated rings. The molecular weight excluding hydrogens is 494 g/mol. The molecular formula is C34H45N5O. The van der Waals surface area contributed by atoms with Gasteiger partial charge in [-0.05, 0) is 93.8 Å². The molecule has 1 unspecified atom stereocenters. The zero-order chi connectivity index (χ0) is 28.6. The quantitative estimate of drug-likeness (QED) is 0.200. The number of unbranched alkanes of at least 4 members (excludes halogenated alkanes) is 2. The van der Waals surface area contributed by atoms with E-state index in [9.17, 15) is 0 Å². The monoisotopic (exact) mass is 539 g/mol. The van der Waals surface area contributed by atoms with Gasteiger partial charge in [-0.15, -0.1) is 0 Å². The van der Waals surface area contributed by atoms with Gasteiger partial charge in [0.2, 0.25) is 0 Å². The van der Waals surface area contributed by atoms with Gasteiger partial charge >= 0.3 is 0 Å². The van der Waals surface area contributed by atoms with Crippen LogP contribution in [0.3, 0.4) is 0 Å². The molecule has 1 atom stereocenters. The number of nitrogens with zero attached hydrogens (tertiary/aromatic N) is 4. The van der Waals surface area contributed by atoms with Crippen molar-refractivity contribution in [3.63, 3.8) is 0 Å². The van der Waals surface area contributed by atoms with Crippen molar-refractivity contribution >= 4 is 17.3 Å². The summed E-state index contributed by atoms with van der Waals surface area (Å²) in [5.74, 6) is 3.75. The van der Waals surface area contributed by atoms with Crippen LogP contribution in [0.25, 0.3) is 0 Å². The summed E-state index contributed by atoms with van der Waals surface area (Å²) in [6.45, 7) is 14.8. The largest absolute Gasteiger partial charge is 0.457 e. The van der Waals surface area contributed by atoms with Gasteiger partial charge in [0.05, 0.1) is 5.69 Å². The fourth-order valence-electron chi connectivity index (χ4n) is 5.32. The van der Waals surface area contributed by atoms with Crippen LogP contribution in [0, 0.1) is 19.8 Å². The molecule has 2 N–H and O–H groups in total. The Labute approximate surface area is 240 Å². The van der Waals surface area contributed by atoms with Gasteiger partial charge in [0.25, 0.3) is 0 Å². The van der Waals surface area contributed by atoms with Gasteiger partial charge in [-0.1, -0.05) is 44.9 Å². The third-order valence-corrected chi connectivity index (χ3v) is 7.51. The first-order valence-corrected chi connectivity index (χ1v) is 14.7. The lowest BCUT2D eigenvalue weighted by molar-refractivity contribution is 0.431. The maximum Gasteiger partial charge on any atom is 0.150 e. The van der Waals surface area contributed by atoms with E-state index < -0.39 is 0 Å². The van der Waals surface area contributed by atoms with E-state index in [2.05, 4.69) is 42.7 Å². The molecule has 1 aromatic heterocycles. The number of pyridine rings is 1. The first-order chi connectivity index (χ1) is 19.3. The average molecular weight is 540 g/mol. The maximum atomic E-state index is 6.60. The van der Waals surface area contributed by atoms with Gasteiger partial charge in [0, 0.05) is 37.3 Å². The molecule has 0 saturated carbocycles. The number of anilines is 1. The molecule has 212 valence electrons. The number of allylic oxidation sites excluding steroid dienone is 4. The normalized spacial score (nSPS) is 18.8. The van der Waals surface area contributed by atoms with Crippen LogP contribution >= 0.6 is 0 Å². The summed E-state index contributed by atoms with van der Waals surface area (Å²) in [7, 11) is 0. The Kier molecular flexibility index (Phi) is 9.86. The van der Waals surface area contributed by atoms with Gasteiger partial charge in [0.1, 0.15) is 28.9 Å². The third kappa shape index (κ3) is 7.04. The highest BCUT2D eigenvalue weighted by Crippen LogP contribution is 2.31. The van der Waals surface area contributed by atoms with E-state index in [1.54, 1.807) is 0 Å². The zero-order valence-corrected chi connectivity index (χ0v) is 25.1. The number of aliphatic imine (C=N–C) groups is 1. The number of rotatable bonds is 9. The van der Waals surface area contributed by atoms with Crippen LogP contribution in [-0.4, -0.2) is 28.8 Å². The Morgan fingerprint density at radius 1 is 1.18 bits per heavy atom. The number of aromatic nitrogens is 1. The number of ether oxygens (including phenoxy) is 1. The molecule has 6 nitrogen and oxygen atoms in total. The lowest BCUT2D eigenvalue weighted by Gasteiger charge is -2.26. The Morgan fingerprint density at radius 3 is 2.73 bits per heavy atom. The second-order valence-electron chi connectivity index (χ2n) is 10.9. The lowest BCUT2D eigenvalue weighted by Crippen LogP contribution is -2.30. The highest BCUT2D eigenvalue weighted by molar-refractivity contribution is 5.99. The summed E-state index contributed by atoms with van der Waals surface area (Å²) >= 11 is 0. The van der Waals surface area contributed by atoms with E-state index in [0.29, 0.717) is 11.8 Å². The summed E-state index contributed by atoms with van der Waals surface area (Å²) in [4.78, 5) is 14.5. The molecule has 4 rings (SSSR count). The minimum absolute atomic E-state index is 0.443. The molecule has 0 bridgehead atoms. The Balaban J connectivity index is 1.56. The fraction of sp³-hybridized carbons (Fsp3) is 0.412. The van der Waals surface area contributed by atoms with Crippen molar-refractivity contribution in [3.05, 3.63) is 94.8 Å². The summed E-state index contributed by atoms with van der Waals surface area (Å²) in [5, 5.41) is 0. The Hall–Kier alpha value is -3.80. The first-order valence-electron chi connectivity index (χ1n) is 14.7. The van der Waals surface area contributed by atoms with Crippen LogP contribution in [0.15, 0.2) is 77.4 Å². The molecule has 0 radical (unpaired) electrons. The van der Waals surface area contributed by atoms with Crippen molar-refractivity contribution in [3.8, 4) is 5.75 Å². The van der Waals surface area contributed by atoms with Crippen molar-refractivity contribution in [1.82, 2.24) is 9.88 Å². The summed E-state index contributed by atoms with van der Waals surface area (Å²) in [5.41, 5.74) is 12.6. The number of amidine groups is 1. The first kappa shape index (κ1) is 29.2. The van der Waals surface area contributed by atoms with E-state index in [4.69, 9.17) is 20.4 Å². The van der Waals surface area contributed by atoms with Crippen molar-refractivity contribution in [2.45, 2.75) is 73.6 Å². The van der Waals surface area contributed by atoms with Crippen LogP contribution in [0.5, 0.6) is 5.75 Å². The predicted molar refractivity (Wildman–Crippen MR) is 168 cm³/mol. The predicted octanol–water partition coefficient (Wildman–Crippen LogP) is 7.84. The molecule has 6 heteroatoms. The van der Waals surface area contributed by atoms with Crippen molar-refractivity contribution in [2.24, 2.45) is 16.6 Å². The van der Waals surface area contributed by atoms with Crippen molar-refractivity contribution < 1.29 is 4.74 Å². The van der Waals surface area contributed by atoms with E-state index in [1.165, 1.54) is 31.2 Å². The SMILES string of the molecule is CC=C1C=C(Oc2ccc(N=C(N)c3nc4c(cc3C)CCC(C)CN4CCCCC)cc2C)C=CN1/C=C\C. The molecule has 1 aromatic carbocycles. The Bertz CT molecular complexity index is 1350. The second-order valence-corrected chi connectivity index (χ2v) is 10.9. The highest BCUT2D eigenvalue weighted by atomic mass is 16.5. The number of nitrogens with two attached hydrogens (primary N) is 1. The van der Waals surface area contributed by atoms with Gasteiger partial charge in [-0.2, -0.15) is 0 Å². The smallest absolute Gasteiger partial charge is 0.150 e. The second kappa shape index (κ2) is 13.5. The summed E-state index contributed by atoms with van der Waals surface area (Å²) < 4.78 is 6.23. The minimum Gasteiger partial charge on any atom is -0.457 e. The van der Waals surface area contributed by atoms with Crippen LogP contribution in [0.1, 0.15) is 75.8 Å². The molecule has 2 aliphatic rings. The zero-order valence-electron chi connectivity index (χ0n) is 25.1. The molecule has 0 amide bonds. The van der Waals surface area contributed by atoms with Gasteiger partial charge < -0.3 is 20.3 Å². The lowest BCUT2D eigenvalue weighted by atomic mass is 10.0. The van der Waals surface area contributed by atoms with Crippen molar-refractivity contribution in [2.75, 3.05) is 18.0 Å². The number of fused-ring (bicyclic) bond motifs is 1. The standard InChI is InChI=1S/C34H45N5O/c1-7-10-11-18-39-23-24(4)12-13-27-20-26(6)32(37-34(27)39)33(35)36-28-14-15-31(25(5)21-28)40-30-16-19-38(17-8-2)29(9-3)22-30/h8-9,14-17,19-22,24H,7,10-13,18,23H2,1-6H3,(H2,35,36)/b17-8-,29-9?. The van der Waals surface area contributed by atoms with Gasteiger partial charge in [-0.25, -0.2) is 9.98 Å². The maximum absolute atomic E-state index is 6.60. The fourth-order valence-corrected chi connectivity index (χ4v) is 5.32. The van der Waals surface area contributed by atoms with Crippen LogP contribution in [-0.2, 0) is 6.42 Å².